The summed E-state index contributed by atoms with van der Waals surface area (Å²) in [7, 11) is 1.59. The summed E-state index contributed by atoms with van der Waals surface area (Å²) in [5.74, 6) is 0.674. The summed E-state index contributed by atoms with van der Waals surface area (Å²) in [6, 6.07) is 3.60. The number of pyridine rings is 1. The Morgan fingerprint density at radius 3 is 1.52 bits per heavy atom. The molecule has 1 aromatic heterocycles. The maximum absolute atomic E-state index is 4.80. The quantitative estimate of drug-likeness (QED) is 0.637. The van der Waals surface area contributed by atoms with Crippen LogP contribution in [0.2, 0.25) is 0 Å². The van der Waals surface area contributed by atoms with Gasteiger partial charge in [0.25, 0.3) is 0 Å². The van der Waals surface area contributed by atoms with E-state index in [4.69, 9.17) is 4.74 Å². The Bertz CT molecular complexity index is 214. The van der Waals surface area contributed by atoms with Gasteiger partial charge in [0.2, 0.25) is 0 Å². The minimum Gasteiger partial charge on any atom is -0.494 e. The van der Waals surface area contributed by atoms with Crippen LogP contribution in [0.3, 0.4) is 0 Å². The summed E-state index contributed by atoms with van der Waals surface area (Å²) in [5.41, 5.74) is 0. The van der Waals surface area contributed by atoms with Crippen molar-refractivity contribution in [2.45, 2.75) is 59.3 Å². The predicted octanol–water partition coefficient (Wildman–Crippen LogP) is 5.37. The minimum atomic E-state index is 0. The Labute approximate surface area is 151 Å². The zero-order chi connectivity index (χ0) is 16.1. The minimum absolute atomic E-state index is 0. The Morgan fingerprint density at radius 2 is 1.38 bits per heavy atom. The van der Waals surface area contributed by atoms with Crippen LogP contribution in [0.4, 0.5) is 0 Å². The number of methoxy groups -OCH3 is 1. The van der Waals surface area contributed by atoms with Gasteiger partial charge in [0.05, 0.1) is 7.11 Å². The molecule has 0 atom stereocenters. The summed E-state index contributed by atoms with van der Waals surface area (Å²) in [6.45, 7) is 17.2. The number of rotatable bonds is 4. The molecule has 0 spiro atoms. The molecule has 0 amide bonds. The molecule has 0 N–H and O–H groups in total. The fourth-order valence-electron chi connectivity index (χ4n) is 0.425. The molecule has 0 aliphatic carbocycles. The van der Waals surface area contributed by atoms with Crippen molar-refractivity contribution in [3.63, 3.8) is 0 Å². The summed E-state index contributed by atoms with van der Waals surface area (Å²) < 4.78 is 4.80. The Morgan fingerprint density at radius 1 is 1.00 bits per heavy atom. The molecule has 1 rings (SSSR count). The number of hydrogen-bond donors (Lipinski definition) is 0. The van der Waals surface area contributed by atoms with Gasteiger partial charge in [-0.05, 0) is 12.1 Å². The summed E-state index contributed by atoms with van der Waals surface area (Å²) in [4.78, 5) is 3.71. The molecule has 0 saturated carbocycles. The summed E-state index contributed by atoms with van der Waals surface area (Å²) >= 11 is 0. The number of hydrogen-bond acceptors (Lipinski definition) is 2. The fourth-order valence-corrected chi connectivity index (χ4v) is 0.425. The van der Waals surface area contributed by atoms with Crippen molar-refractivity contribution in [1.82, 2.24) is 4.98 Å². The molecular formula is C18H33NOSn. The monoisotopic (exact) mass is 399 g/mol. The maximum Gasteiger partial charge on any atom is 0.146 e. The Balaban J connectivity index is -0.0000000973. The van der Waals surface area contributed by atoms with Crippen molar-refractivity contribution in [3.8, 4) is 5.75 Å². The van der Waals surface area contributed by atoms with Crippen LogP contribution in [0.25, 0.3) is 0 Å². The van der Waals surface area contributed by atoms with E-state index in [1.54, 1.807) is 25.4 Å². The molecule has 0 aliphatic rings. The SMILES string of the molecule is COc1[c]nccc1.[CH2]CCC.[CH2]CCC.[CH2]CCC.[Sn]. The first kappa shape index (κ1) is 28.8. The normalized spacial score (nSPS) is 7.57. The molecule has 3 heteroatoms. The van der Waals surface area contributed by atoms with Crippen LogP contribution in [0.15, 0.2) is 18.3 Å². The van der Waals surface area contributed by atoms with Gasteiger partial charge in [0.1, 0.15) is 11.9 Å². The van der Waals surface area contributed by atoms with E-state index in [1.165, 1.54) is 19.3 Å². The van der Waals surface area contributed by atoms with Crippen LogP contribution < -0.4 is 4.74 Å². The third kappa shape index (κ3) is 38.3. The van der Waals surface area contributed by atoms with Crippen molar-refractivity contribution in [2.24, 2.45) is 0 Å². The van der Waals surface area contributed by atoms with Crippen LogP contribution in [-0.2, 0) is 0 Å². The third-order valence-electron chi connectivity index (χ3n) is 1.86. The van der Waals surface area contributed by atoms with E-state index >= 15 is 0 Å². The molecule has 120 valence electrons. The average Bonchev–Trinajstić information content (AvgIpc) is 2.56. The third-order valence-corrected chi connectivity index (χ3v) is 1.86. The van der Waals surface area contributed by atoms with Gasteiger partial charge >= 0.3 is 0 Å². The van der Waals surface area contributed by atoms with E-state index in [1.807, 2.05) is 0 Å². The number of ether oxygens (including phenoxy) is 1. The maximum atomic E-state index is 4.80. The van der Waals surface area contributed by atoms with Crippen LogP contribution in [0.1, 0.15) is 59.3 Å². The van der Waals surface area contributed by atoms with Gasteiger partial charge in [-0.1, -0.05) is 80.1 Å². The second-order valence-electron chi connectivity index (χ2n) is 3.88. The Hall–Kier alpha value is -0.251. The van der Waals surface area contributed by atoms with Crippen LogP contribution in [0, 0.1) is 27.0 Å². The second kappa shape index (κ2) is 31.9. The van der Waals surface area contributed by atoms with E-state index in [-0.39, 0.29) is 23.9 Å². The molecule has 0 saturated heterocycles. The molecule has 1 aromatic rings. The van der Waals surface area contributed by atoms with Crippen molar-refractivity contribution in [3.05, 3.63) is 45.3 Å². The van der Waals surface area contributed by atoms with Gasteiger partial charge in [0, 0.05) is 30.1 Å². The standard InChI is InChI=1S/C6H6NO.3C4H9.Sn/c1-8-6-3-2-4-7-5-6;3*1-3-4-2;/h2-4H,1H3;3*1,3-4H2,2H3;. The molecule has 0 unspecified atom stereocenters. The van der Waals surface area contributed by atoms with Crippen molar-refractivity contribution in [1.29, 1.82) is 0 Å². The van der Waals surface area contributed by atoms with Gasteiger partial charge in [0.15, 0.2) is 0 Å². The fraction of sp³-hybridized carbons (Fsp3) is 0.556. The van der Waals surface area contributed by atoms with E-state index in [9.17, 15) is 0 Å². The average molecular weight is 398 g/mol. The van der Waals surface area contributed by atoms with Crippen LogP contribution in [-0.4, -0.2) is 36.0 Å². The number of unbranched alkanes of at least 4 members (excludes halogenated alkanes) is 3. The molecule has 0 bridgehead atoms. The molecule has 8 radical (unpaired) electrons. The topological polar surface area (TPSA) is 22.1 Å². The van der Waals surface area contributed by atoms with E-state index in [0.717, 1.165) is 19.3 Å². The molecule has 0 fully saturated rings. The van der Waals surface area contributed by atoms with Gasteiger partial charge in [-0.25, -0.2) is 0 Å². The molecule has 0 aliphatic heterocycles. The molecule has 2 nitrogen and oxygen atoms in total. The molecule has 21 heavy (non-hydrogen) atoms. The summed E-state index contributed by atoms with van der Waals surface area (Å²) in [5, 5.41) is 0. The van der Waals surface area contributed by atoms with Crippen molar-refractivity contribution >= 4 is 23.9 Å². The molecule has 1 heterocycles. The van der Waals surface area contributed by atoms with Gasteiger partial charge in [-0.2, -0.15) is 0 Å². The first-order valence-corrected chi connectivity index (χ1v) is 7.42. The first-order valence-electron chi connectivity index (χ1n) is 7.42. The van der Waals surface area contributed by atoms with Gasteiger partial charge in [-0.3, -0.25) is 4.98 Å². The van der Waals surface area contributed by atoms with Gasteiger partial charge in [-0.15, -0.1) is 0 Å². The predicted molar refractivity (Wildman–Crippen MR) is 96.2 cm³/mol. The number of aromatic nitrogens is 1. The molecular weight excluding hydrogens is 365 g/mol. The van der Waals surface area contributed by atoms with E-state index in [2.05, 4.69) is 52.7 Å². The summed E-state index contributed by atoms with van der Waals surface area (Å²) in [6.07, 6.45) is 11.1. The molecule has 0 aromatic carbocycles. The van der Waals surface area contributed by atoms with E-state index < -0.39 is 0 Å². The zero-order valence-electron chi connectivity index (χ0n) is 14.5. The largest absolute Gasteiger partial charge is 0.494 e. The van der Waals surface area contributed by atoms with Crippen molar-refractivity contribution in [2.75, 3.05) is 7.11 Å². The first-order chi connectivity index (χ1) is 9.67. The van der Waals surface area contributed by atoms with Crippen LogP contribution >= 0.6 is 0 Å². The van der Waals surface area contributed by atoms with Crippen LogP contribution in [0.5, 0.6) is 5.75 Å². The smallest absolute Gasteiger partial charge is 0.146 e. The second-order valence-corrected chi connectivity index (χ2v) is 3.88. The number of nitrogens with zero attached hydrogens (tertiary/aromatic N) is 1. The van der Waals surface area contributed by atoms with E-state index in [0.29, 0.717) is 5.75 Å². The van der Waals surface area contributed by atoms with Gasteiger partial charge < -0.3 is 4.74 Å². The zero-order valence-corrected chi connectivity index (χ0v) is 17.3. The van der Waals surface area contributed by atoms with Crippen molar-refractivity contribution < 1.29 is 4.74 Å². The Kier molecular flexibility index (Phi) is 43.8.